The lowest BCUT2D eigenvalue weighted by Gasteiger charge is -2.26. The van der Waals surface area contributed by atoms with E-state index in [-0.39, 0.29) is 18.5 Å². The van der Waals surface area contributed by atoms with Crippen LogP contribution >= 0.6 is 0 Å². The van der Waals surface area contributed by atoms with E-state index in [2.05, 4.69) is 19.2 Å². The van der Waals surface area contributed by atoms with E-state index >= 15 is 0 Å². The number of carbonyl (C=O) groups is 1. The summed E-state index contributed by atoms with van der Waals surface area (Å²) in [7, 11) is -3.69. The number of nitrogens with zero attached hydrogens (tertiary/aromatic N) is 1. The first-order valence-corrected chi connectivity index (χ1v) is 11.8. The number of anilines is 1. The molecule has 7 nitrogen and oxygen atoms in total. The monoisotopic (exact) mass is 432 g/mol. The van der Waals surface area contributed by atoms with Gasteiger partial charge >= 0.3 is 0 Å². The molecule has 0 aromatic heterocycles. The standard InChI is InChI=1S/C22H28N2O5S/c1-16(2)13-19(17-7-5-4-6-8-17)23-22(25)15-24(30(3,26)27)18-9-10-20-21(14-18)29-12-11-28-20/h4-10,14,16,19H,11-13,15H2,1-3H3,(H,23,25). The maximum Gasteiger partial charge on any atom is 0.241 e. The summed E-state index contributed by atoms with van der Waals surface area (Å²) < 4.78 is 37.0. The van der Waals surface area contributed by atoms with Crippen LogP contribution in [0.25, 0.3) is 0 Å². The SMILES string of the molecule is CC(C)CC(NC(=O)CN(c1ccc2c(c1)OCCO2)S(C)(=O)=O)c1ccccc1. The molecule has 8 heteroatoms. The number of hydrogen-bond donors (Lipinski definition) is 1. The van der Waals surface area contributed by atoms with E-state index in [4.69, 9.17) is 9.47 Å². The summed E-state index contributed by atoms with van der Waals surface area (Å²) in [6, 6.07) is 14.4. The van der Waals surface area contributed by atoms with Crippen LogP contribution in [-0.4, -0.2) is 40.3 Å². The van der Waals surface area contributed by atoms with Gasteiger partial charge in [-0.15, -0.1) is 0 Å². The summed E-state index contributed by atoms with van der Waals surface area (Å²) in [6.07, 6.45) is 1.83. The van der Waals surface area contributed by atoms with Crippen LogP contribution in [0.2, 0.25) is 0 Å². The second-order valence-electron chi connectivity index (χ2n) is 7.76. The molecule has 1 amide bonds. The van der Waals surface area contributed by atoms with Crippen molar-refractivity contribution >= 4 is 21.6 Å². The lowest BCUT2D eigenvalue weighted by molar-refractivity contribution is -0.120. The smallest absolute Gasteiger partial charge is 0.241 e. The second-order valence-corrected chi connectivity index (χ2v) is 9.66. The van der Waals surface area contributed by atoms with Crippen molar-refractivity contribution in [3.8, 4) is 11.5 Å². The Morgan fingerprint density at radius 2 is 1.73 bits per heavy atom. The van der Waals surface area contributed by atoms with Crippen LogP contribution in [-0.2, 0) is 14.8 Å². The molecule has 0 saturated carbocycles. The van der Waals surface area contributed by atoms with E-state index in [0.29, 0.717) is 36.3 Å². The van der Waals surface area contributed by atoms with Gasteiger partial charge in [-0.05, 0) is 30.0 Å². The summed E-state index contributed by atoms with van der Waals surface area (Å²) >= 11 is 0. The molecule has 0 radical (unpaired) electrons. The molecule has 0 aliphatic carbocycles. The van der Waals surface area contributed by atoms with Crippen molar-refractivity contribution in [2.45, 2.75) is 26.3 Å². The molecule has 162 valence electrons. The molecule has 1 aliphatic heterocycles. The number of amides is 1. The maximum absolute atomic E-state index is 12.9. The van der Waals surface area contributed by atoms with Crippen molar-refractivity contribution in [3.05, 3.63) is 54.1 Å². The molecular formula is C22H28N2O5S. The first-order valence-electron chi connectivity index (χ1n) is 9.95. The molecule has 0 fully saturated rings. The highest BCUT2D eigenvalue weighted by Crippen LogP contribution is 2.34. The fraction of sp³-hybridized carbons (Fsp3) is 0.409. The third-order valence-corrected chi connectivity index (χ3v) is 5.89. The van der Waals surface area contributed by atoms with Crippen LogP contribution in [0.4, 0.5) is 5.69 Å². The summed E-state index contributed by atoms with van der Waals surface area (Å²) in [5.41, 5.74) is 1.35. The third-order valence-electron chi connectivity index (χ3n) is 4.75. The van der Waals surface area contributed by atoms with Crippen molar-refractivity contribution < 1.29 is 22.7 Å². The van der Waals surface area contributed by atoms with Gasteiger partial charge in [0.05, 0.1) is 18.0 Å². The minimum atomic E-state index is -3.69. The molecular weight excluding hydrogens is 404 g/mol. The Labute approximate surface area is 178 Å². The number of ether oxygens (including phenoxy) is 2. The summed E-state index contributed by atoms with van der Waals surface area (Å²) in [6.45, 7) is 4.69. The van der Waals surface area contributed by atoms with E-state index in [0.717, 1.165) is 22.5 Å². The Morgan fingerprint density at radius 1 is 1.07 bits per heavy atom. The number of benzene rings is 2. The predicted molar refractivity (Wildman–Crippen MR) is 116 cm³/mol. The molecule has 1 unspecified atom stereocenters. The lowest BCUT2D eigenvalue weighted by Crippen LogP contribution is -2.41. The van der Waals surface area contributed by atoms with Gasteiger partial charge in [0.2, 0.25) is 15.9 Å². The quantitative estimate of drug-likeness (QED) is 0.693. The Kier molecular flexibility index (Phi) is 6.87. The van der Waals surface area contributed by atoms with Crippen molar-refractivity contribution in [1.29, 1.82) is 0 Å². The highest BCUT2D eigenvalue weighted by Gasteiger charge is 2.25. The highest BCUT2D eigenvalue weighted by atomic mass is 32.2. The number of sulfonamides is 1. The predicted octanol–water partition coefficient (Wildman–Crippen LogP) is 3.13. The summed E-state index contributed by atoms with van der Waals surface area (Å²) in [5.74, 6) is 1.02. The van der Waals surface area contributed by atoms with Crippen LogP contribution in [0.15, 0.2) is 48.5 Å². The zero-order chi connectivity index (χ0) is 21.7. The first-order chi connectivity index (χ1) is 14.2. The lowest BCUT2D eigenvalue weighted by atomic mass is 9.97. The zero-order valence-electron chi connectivity index (χ0n) is 17.5. The molecule has 3 rings (SSSR count). The highest BCUT2D eigenvalue weighted by molar-refractivity contribution is 7.92. The van der Waals surface area contributed by atoms with Crippen LogP contribution in [0.5, 0.6) is 11.5 Å². The number of nitrogens with one attached hydrogen (secondary N) is 1. The maximum atomic E-state index is 12.9. The number of fused-ring (bicyclic) bond motifs is 1. The molecule has 0 bridgehead atoms. The van der Waals surface area contributed by atoms with Gasteiger partial charge in [-0.3, -0.25) is 9.10 Å². The minimum Gasteiger partial charge on any atom is -0.486 e. The van der Waals surface area contributed by atoms with E-state index < -0.39 is 10.0 Å². The van der Waals surface area contributed by atoms with E-state index in [9.17, 15) is 13.2 Å². The second kappa shape index (κ2) is 9.38. The summed E-state index contributed by atoms with van der Waals surface area (Å²) in [4.78, 5) is 12.9. The van der Waals surface area contributed by atoms with Gasteiger partial charge in [-0.25, -0.2) is 8.42 Å². The van der Waals surface area contributed by atoms with Crippen molar-refractivity contribution in [2.75, 3.05) is 30.3 Å². The van der Waals surface area contributed by atoms with Gasteiger partial charge in [0.1, 0.15) is 19.8 Å². The van der Waals surface area contributed by atoms with Crippen LogP contribution in [0.3, 0.4) is 0 Å². The van der Waals surface area contributed by atoms with Gasteiger partial charge in [0.25, 0.3) is 0 Å². The Bertz CT molecular complexity index is 976. The topological polar surface area (TPSA) is 84.9 Å². The van der Waals surface area contributed by atoms with Crippen LogP contribution < -0.4 is 19.1 Å². The van der Waals surface area contributed by atoms with Crippen LogP contribution in [0, 0.1) is 5.92 Å². The minimum absolute atomic E-state index is 0.194. The van der Waals surface area contributed by atoms with E-state index in [1.165, 1.54) is 0 Å². The van der Waals surface area contributed by atoms with Crippen molar-refractivity contribution in [2.24, 2.45) is 5.92 Å². The molecule has 0 spiro atoms. The molecule has 2 aromatic carbocycles. The molecule has 0 saturated heterocycles. The zero-order valence-corrected chi connectivity index (χ0v) is 18.3. The fourth-order valence-corrected chi connectivity index (χ4v) is 4.24. The van der Waals surface area contributed by atoms with Gasteiger partial charge in [0, 0.05) is 6.07 Å². The van der Waals surface area contributed by atoms with E-state index in [1.54, 1.807) is 18.2 Å². The summed E-state index contributed by atoms with van der Waals surface area (Å²) in [5, 5.41) is 3.00. The average molecular weight is 433 g/mol. The molecule has 1 aliphatic rings. The van der Waals surface area contributed by atoms with Gasteiger partial charge in [-0.2, -0.15) is 0 Å². The normalized spacial score (nSPS) is 14.3. The number of rotatable bonds is 8. The van der Waals surface area contributed by atoms with Crippen LogP contribution in [0.1, 0.15) is 31.9 Å². The molecule has 1 N–H and O–H groups in total. The van der Waals surface area contributed by atoms with Crippen molar-refractivity contribution in [1.82, 2.24) is 5.32 Å². The first kappa shape index (κ1) is 22.0. The Morgan fingerprint density at radius 3 is 2.37 bits per heavy atom. The van der Waals surface area contributed by atoms with Gasteiger partial charge in [0.15, 0.2) is 11.5 Å². The number of hydrogen-bond acceptors (Lipinski definition) is 5. The van der Waals surface area contributed by atoms with Crippen molar-refractivity contribution in [3.63, 3.8) is 0 Å². The van der Waals surface area contributed by atoms with Gasteiger partial charge < -0.3 is 14.8 Å². The van der Waals surface area contributed by atoms with E-state index in [1.807, 2.05) is 30.3 Å². The Balaban J connectivity index is 1.80. The average Bonchev–Trinajstić information content (AvgIpc) is 2.71. The molecule has 30 heavy (non-hydrogen) atoms. The Hall–Kier alpha value is -2.74. The molecule has 2 aromatic rings. The fourth-order valence-electron chi connectivity index (χ4n) is 3.39. The molecule has 1 atom stereocenters. The molecule has 1 heterocycles. The third kappa shape index (κ3) is 5.66. The largest absolute Gasteiger partial charge is 0.486 e. The number of carbonyl (C=O) groups excluding carboxylic acids is 1. The van der Waals surface area contributed by atoms with Gasteiger partial charge in [-0.1, -0.05) is 44.2 Å².